The highest BCUT2D eigenvalue weighted by Crippen LogP contribution is 2.36. The minimum Gasteiger partial charge on any atom is -0.444 e. The van der Waals surface area contributed by atoms with Crippen molar-refractivity contribution in [2.45, 2.75) is 32.4 Å². The number of anilines is 1. The van der Waals surface area contributed by atoms with E-state index >= 15 is 0 Å². The Labute approximate surface area is 171 Å². The fourth-order valence-electron chi connectivity index (χ4n) is 3.22. The van der Waals surface area contributed by atoms with Gasteiger partial charge in [-0.15, -0.1) is 0 Å². The van der Waals surface area contributed by atoms with Gasteiger partial charge in [0.05, 0.1) is 11.7 Å². The number of nitrogens with zero attached hydrogens (tertiary/aromatic N) is 6. The first kappa shape index (κ1) is 18.9. The molecule has 0 aliphatic carbocycles. The Morgan fingerprint density at radius 3 is 2.68 bits per heavy atom. The Morgan fingerprint density at radius 2 is 2.00 bits per heavy atom. The van der Waals surface area contributed by atoms with E-state index in [0.717, 1.165) is 10.2 Å². The molecule has 0 atom stereocenters. The fraction of sp³-hybridized carbons (Fsp3) is 0.500. The molecule has 1 aromatic heterocycles. The minimum absolute atomic E-state index is 0.00276. The molecular weight excluding hydrogens is 428 g/mol. The summed E-state index contributed by atoms with van der Waals surface area (Å²) in [6.07, 6.45) is 1.32. The number of hydrogen-bond acceptors (Lipinski definition) is 7. The van der Waals surface area contributed by atoms with Crippen molar-refractivity contribution < 1.29 is 14.3 Å². The Morgan fingerprint density at radius 1 is 1.29 bits per heavy atom. The number of halogens is 1. The van der Waals surface area contributed by atoms with Crippen LogP contribution in [0, 0.1) is 0 Å². The third kappa shape index (κ3) is 3.36. The van der Waals surface area contributed by atoms with E-state index in [1.807, 2.05) is 36.6 Å². The van der Waals surface area contributed by atoms with E-state index in [0.29, 0.717) is 30.6 Å². The SMILES string of the molecule is CN(C(=O)OC(C)(C)C)C1CN(C2=Nc3ncc(Br)cc3N3CC(=O)N=C23)C1. The van der Waals surface area contributed by atoms with Crippen molar-refractivity contribution in [3.05, 3.63) is 16.7 Å². The van der Waals surface area contributed by atoms with Crippen molar-refractivity contribution in [1.29, 1.82) is 0 Å². The predicted octanol–water partition coefficient (Wildman–Crippen LogP) is 2.18. The average molecular weight is 449 g/mol. The number of amidine groups is 2. The fourth-order valence-corrected chi connectivity index (χ4v) is 3.54. The third-order valence-corrected chi connectivity index (χ3v) is 5.12. The Bertz CT molecular complexity index is 916. The van der Waals surface area contributed by atoms with Crippen LogP contribution in [0.15, 0.2) is 26.7 Å². The van der Waals surface area contributed by atoms with Gasteiger partial charge in [-0.3, -0.25) is 4.79 Å². The first-order valence-corrected chi connectivity index (χ1v) is 9.76. The number of likely N-dealkylation sites (N-methyl/N-ethyl adjacent to an activating group) is 1. The van der Waals surface area contributed by atoms with Crippen molar-refractivity contribution in [3.8, 4) is 0 Å². The average Bonchev–Trinajstić information content (AvgIpc) is 2.94. The molecule has 0 saturated carbocycles. The van der Waals surface area contributed by atoms with Gasteiger partial charge in [-0.25, -0.2) is 14.8 Å². The van der Waals surface area contributed by atoms with Crippen molar-refractivity contribution >= 4 is 51.1 Å². The van der Waals surface area contributed by atoms with Crippen LogP contribution in [0.2, 0.25) is 0 Å². The summed E-state index contributed by atoms with van der Waals surface area (Å²) in [5.74, 6) is 1.49. The van der Waals surface area contributed by atoms with Crippen LogP contribution in [0.25, 0.3) is 0 Å². The normalized spacial score (nSPS) is 18.8. The lowest BCUT2D eigenvalue weighted by atomic mass is 10.1. The predicted molar refractivity (Wildman–Crippen MR) is 108 cm³/mol. The molecule has 0 aromatic carbocycles. The summed E-state index contributed by atoms with van der Waals surface area (Å²) in [5, 5.41) is 0. The van der Waals surface area contributed by atoms with Gasteiger partial charge in [0, 0.05) is 30.8 Å². The van der Waals surface area contributed by atoms with Gasteiger partial charge in [-0.2, -0.15) is 4.99 Å². The second kappa shape index (κ2) is 6.54. The molecule has 1 saturated heterocycles. The lowest BCUT2D eigenvalue weighted by Crippen LogP contribution is -2.64. The van der Waals surface area contributed by atoms with E-state index in [9.17, 15) is 9.59 Å². The van der Waals surface area contributed by atoms with E-state index in [2.05, 4.69) is 30.9 Å². The summed E-state index contributed by atoms with van der Waals surface area (Å²) in [4.78, 5) is 42.8. The van der Waals surface area contributed by atoms with E-state index in [4.69, 9.17) is 4.74 Å². The highest BCUT2D eigenvalue weighted by atomic mass is 79.9. The zero-order valence-corrected chi connectivity index (χ0v) is 17.7. The Hall–Kier alpha value is -2.49. The van der Waals surface area contributed by atoms with Crippen molar-refractivity contribution in [3.63, 3.8) is 0 Å². The van der Waals surface area contributed by atoms with Crippen LogP contribution in [0.3, 0.4) is 0 Å². The molecule has 2 amide bonds. The van der Waals surface area contributed by atoms with Crippen molar-refractivity contribution in [2.75, 3.05) is 31.6 Å². The molecule has 10 heteroatoms. The number of hydrogen-bond donors (Lipinski definition) is 0. The molecule has 0 bridgehead atoms. The molecule has 4 rings (SSSR count). The number of pyridine rings is 1. The number of carbonyl (C=O) groups excluding carboxylic acids is 2. The van der Waals surface area contributed by atoms with Crippen LogP contribution >= 0.6 is 15.9 Å². The van der Waals surface area contributed by atoms with Gasteiger partial charge in [-0.1, -0.05) is 0 Å². The zero-order valence-electron chi connectivity index (χ0n) is 16.1. The van der Waals surface area contributed by atoms with E-state index in [1.165, 1.54) is 0 Å². The summed E-state index contributed by atoms with van der Waals surface area (Å²) in [6.45, 7) is 6.87. The number of amides is 2. The largest absolute Gasteiger partial charge is 0.444 e. The van der Waals surface area contributed by atoms with Gasteiger partial charge in [0.1, 0.15) is 12.1 Å². The first-order valence-electron chi connectivity index (χ1n) is 8.97. The number of likely N-dealkylation sites (tertiary alicyclic amines) is 1. The molecule has 1 fully saturated rings. The number of rotatable bonds is 1. The molecule has 28 heavy (non-hydrogen) atoms. The van der Waals surface area contributed by atoms with Crippen LogP contribution in [0.5, 0.6) is 0 Å². The summed E-state index contributed by atoms with van der Waals surface area (Å²) in [6, 6.07) is 1.88. The van der Waals surface area contributed by atoms with Gasteiger partial charge in [0.25, 0.3) is 5.91 Å². The molecule has 0 spiro atoms. The third-order valence-electron chi connectivity index (χ3n) is 4.69. The molecule has 3 aliphatic heterocycles. The molecule has 4 heterocycles. The van der Waals surface area contributed by atoms with Crippen molar-refractivity contribution in [1.82, 2.24) is 14.8 Å². The number of fused-ring (bicyclic) bond motifs is 3. The van der Waals surface area contributed by atoms with Gasteiger partial charge in [-0.05, 0) is 42.8 Å². The Kier molecular flexibility index (Phi) is 4.40. The minimum atomic E-state index is -0.536. The highest BCUT2D eigenvalue weighted by molar-refractivity contribution is 9.10. The van der Waals surface area contributed by atoms with Crippen LogP contribution in [0.4, 0.5) is 16.3 Å². The Balaban J connectivity index is 1.52. The van der Waals surface area contributed by atoms with Gasteiger partial charge in [0.15, 0.2) is 17.5 Å². The van der Waals surface area contributed by atoms with E-state index < -0.39 is 5.60 Å². The second-order valence-electron chi connectivity index (χ2n) is 8.00. The molecule has 1 aromatic rings. The van der Waals surface area contributed by atoms with Gasteiger partial charge in [0.2, 0.25) is 0 Å². The van der Waals surface area contributed by atoms with Crippen molar-refractivity contribution in [2.24, 2.45) is 9.98 Å². The first-order chi connectivity index (χ1) is 13.1. The van der Waals surface area contributed by atoms with Gasteiger partial charge >= 0.3 is 6.09 Å². The maximum atomic E-state index is 12.3. The van der Waals surface area contributed by atoms with Crippen LogP contribution < -0.4 is 4.90 Å². The number of ether oxygens (including phenoxy) is 1. The summed E-state index contributed by atoms with van der Waals surface area (Å²) in [7, 11) is 1.73. The lowest BCUT2D eigenvalue weighted by Gasteiger charge is -2.46. The monoisotopic (exact) mass is 448 g/mol. The molecule has 3 aliphatic rings. The maximum absolute atomic E-state index is 12.3. The molecule has 148 valence electrons. The maximum Gasteiger partial charge on any atom is 0.410 e. The zero-order chi connectivity index (χ0) is 20.2. The molecule has 0 N–H and O–H groups in total. The molecule has 9 nitrogen and oxygen atoms in total. The quantitative estimate of drug-likeness (QED) is 0.653. The van der Waals surface area contributed by atoms with E-state index in [-0.39, 0.29) is 24.6 Å². The van der Waals surface area contributed by atoms with E-state index in [1.54, 1.807) is 18.1 Å². The van der Waals surface area contributed by atoms with Gasteiger partial charge < -0.3 is 19.4 Å². The summed E-state index contributed by atoms with van der Waals surface area (Å²) < 4.78 is 6.24. The molecule has 0 radical (unpaired) electrons. The number of aromatic nitrogens is 1. The number of carbonyl (C=O) groups is 2. The summed E-state index contributed by atoms with van der Waals surface area (Å²) >= 11 is 3.41. The molecule has 0 unspecified atom stereocenters. The van der Waals surface area contributed by atoms with Crippen LogP contribution in [0.1, 0.15) is 20.8 Å². The number of aliphatic imine (C=N–C) groups is 2. The highest BCUT2D eigenvalue weighted by Gasteiger charge is 2.42. The second-order valence-corrected chi connectivity index (χ2v) is 8.91. The lowest BCUT2D eigenvalue weighted by molar-refractivity contribution is -0.115. The topological polar surface area (TPSA) is 90.7 Å². The van der Waals surface area contributed by atoms with Crippen LogP contribution in [-0.4, -0.2) is 76.8 Å². The standard InChI is InChI=1S/C18H21BrN6O3/c1-18(2,3)28-17(27)23(4)11-7-24(8-11)15-16-21-13(26)9-25(16)12-5-10(19)6-20-14(12)22-15/h5-6,11H,7-9H2,1-4H3. The summed E-state index contributed by atoms with van der Waals surface area (Å²) in [5.41, 5.74) is 0.219. The molecular formula is C18H21BrN6O3. The smallest absolute Gasteiger partial charge is 0.410 e. The van der Waals surface area contributed by atoms with Crippen LogP contribution in [-0.2, 0) is 9.53 Å².